The summed E-state index contributed by atoms with van der Waals surface area (Å²) >= 11 is 0. The molecule has 9 heteroatoms. The highest BCUT2D eigenvalue weighted by atomic mass is 16.4. The number of carbonyl (C=O) groups excluding carboxylic acids is 1. The maximum Gasteiger partial charge on any atom is 0.326 e. The lowest BCUT2D eigenvalue weighted by atomic mass is 9.97. The number of carboxylic acid groups (broad SMARTS) is 1. The first-order valence-corrected chi connectivity index (χ1v) is 14.0. The maximum absolute atomic E-state index is 12.9. The van der Waals surface area contributed by atoms with Crippen molar-refractivity contribution in [1.82, 2.24) is 30.8 Å². The fourth-order valence-corrected chi connectivity index (χ4v) is 4.26. The largest absolute Gasteiger partial charge is 0.480 e. The summed E-state index contributed by atoms with van der Waals surface area (Å²) in [5.74, 6) is -0.784. The Hall–Kier alpha value is -3.59. The van der Waals surface area contributed by atoms with Crippen LogP contribution in [0.25, 0.3) is 22.5 Å². The van der Waals surface area contributed by atoms with Crippen LogP contribution < -0.4 is 5.32 Å². The second-order valence-corrected chi connectivity index (χ2v) is 9.88. The Morgan fingerprint density at radius 2 is 1.59 bits per heavy atom. The maximum atomic E-state index is 12.9. The van der Waals surface area contributed by atoms with Gasteiger partial charge in [-0.3, -0.25) is 4.79 Å². The molecule has 2 aromatic carbocycles. The molecule has 0 aliphatic heterocycles. The van der Waals surface area contributed by atoms with Gasteiger partial charge in [0, 0.05) is 18.5 Å². The minimum atomic E-state index is -0.976. The van der Waals surface area contributed by atoms with Crippen molar-refractivity contribution < 1.29 is 14.7 Å². The molecule has 0 radical (unpaired) electrons. The lowest BCUT2D eigenvalue weighted by molar-refractivity contribution is -0.153. The Bertz CT molecular complexity index is 1110. The van der Waals surface area contributed by atoms with Crippen LogP contribution in [0.1, 0.15) is 72.3 Å². The molecular weight excluding hydrogens is 492 g/mol. The summed E-state index contributed by atoms with van der Waals surface area (Å²) in [7, 11) is 0. The number of carboxylic acids is 1. The third-order valence-electron chi connectivity index (χ3n) is 6.27. The van der Waals surface area contributed by atoms with Crippen LogP contribution in [0, 0.1) is 5.92 Å². The number of benzene rings is 2. The Morgan fingerprint density at radius 1 is 0.949 bits per heavy atom. The molecule has 0 saturated heterocycles. The van der Waals surface area contributed by atoms with Crippen LogP contribution in [0.4, 0.5) is 0 Å². The van der Waals surface area contributed by atoms with Gasteiger partial charge in [0.1, 0.15) is 6.04 Å². The molecule has 0 unspecified atom stereocenters. The van der Waals surface area contributed by atoms with Gasteiger partial charge in [0.2, 0.25) is 11.7 Å². The van der Waals surface area contributed by atoms with E-state index in [0.717, 1.165) is 35.1 Å². The number of aliphatic carboxylic acids is 1. The number of H-pyrrole nitrogens is 1. The molecule has 1 atom stereocenters. The Balaban J connectivity index is 0.000000673. The first kappa shape index (κ1) is 31.6. The Morgan fingerprint density at radius 3 is 2.10 bits per heavy atom. The number of aromatic amines is 1. The van der Waals surface area contributed by atoms with E-state index in [4.69, 9.17) is 0 Å². The molecule has 0 aliphatic rings. The lowest BCUT2D eigenvalue weighted by Crippen LogP contribution is -2.47. The summed E-state index contributed by atoms with van der Waals surface area (Å²) in [6.45, 7) is 12.6. The molecule has 1 heterocycles. The molecular formula is C30H44N6O3. The molecule has 3 aromatic rings. The van der Waals surface area contributed by atoms with Gasteiger partial charge in [0.15, 0.2) is 0 Å². The number of hydrogen-bond donors (Lipinski definition) is 3. The van der Waals surface area contributed by atoms with E-state index < -0.39 is 12.0 Å². The van der Waals surface area contributed by atoms with Crippen LogP contribution in [-0.4, -0.2) is 61.6 Å². The van der Waals surface area contributed by atoms with E-state index >= 15 is 0 Å². The van der Waals surface area contributed by atoms with Crippen LogP contribution in [0.2, 0.25) is 0 Å². The van der Waals surface area contributed by atoms with Gasteiger partial charge in [0.05, 0.1) is 0 Å². The molecule has 0 fully saturated rings. The van der Waals surface area contributed by atoms with Crippen molar-refractivity contribution in [3.05, 3.63) is 54.1 Å². The van der Waals surface area contributed by atoms with E-state index in [2.05, 4.69) is 39.8 Å². The smallest absolute Gasteiger partial charge is 0.326 e. The molecule has 1 aromatic heterocycles. The number of carbonyl (C=O) groups is 2. The molecule has 0 aliphatic carbocycles. The van der Waals surface area contributed by atoms with Crippen LogP contribution in [-0.2, 0) is 16.1 Å². The number of hydrogen-bond acceptors (Lipinski definition) is 6. The fraction of sp³-hybridized carbons (Fsp3) is 0.500. The van der Waals surface area contributed by atoms with Crippen molar-refractivity contribution in [3.63, 3.8) is 0 Å². The number of nitrogens with one attached hydrogen (secondary N) is 2. The molecule has 9 nitrogen and oxygen atoms in total. The zero-order valence-corrected chi connectivity index (χ0v) is 24.0. The summed E-state index contributed by atoms with van der Waals surface area (Å²) in [5.41, 5.74) is 3.66. The van der Waals surface area contributed by atoms with Gasteiger partial charge < -0.3 is 15.3 Å². The van der Waals surface area contributed by atoms with E-state index in [0.29, 0.717) is 12.2 Å². The van der Waals surface area contributed by atoms with Crippen molar-refractivity contribution >= 4 is 11.9 Å². The quantitative estimate of drug-likeness (QED) is 0.231. The zero-order valence-electron chi connectivity index (χ0n) is 24.0. The van der Waals surface area contributed by atoms with Gasteiger partial charge in [0.25, 0.3) is 0 Å². The molecule has 0 spiro atoms. The van der Waals surface area contributed by atoms with Crippen LogP contribution in [0.3, 0.4) is 0 Å². The summed E-state index contributed by atoms with van der Waals surface area (Å²) < 4.78 is 0. The SMILES string of the molecule is CCCCC(=O)N(Cc1ccc(-c2ccccc2-c2nn[nH]n2)cc1)[C@H](C(=O)O)C(C)C.CCCNCCC. The minimum Gasteiger partial charge on any atom is -0.480 e. The number of nitrogens with zero attached hydrogens (tertiary/aromatic N) is 4. The standard InChI is InChI=1S/C24H29N5O3.C6H15N/c1-4-5-10-21(30)29(22(16(2)3)24(31)32)15-17-11-13-18(14-12-17)19-8-6-7-9-20(19)23-25-27-28-26-23;1-3-5-7-6-4-2/h6-9,11-14,16,22H,4-5,10,15H2,1-3H3,(H,31,32)(H,25,26,27,28);7H,3-6H2,1-2H3/t22-;/m0./s1. The highest BCUT2D eigenvalue weighted by molar-refractivity contribution is 5.84. The highest BCUT2D eigenvalue weighted by Crippen LogP contribution is 2.30. The van der Waals surface area contributed by atoms with Crippen LogP contribution in [0.5, 0.6) is 0 Å². The van der Waals surface area contributed by atoms with E-state index in [-0.39, 0.29) is 18.4 Å². The summed E-state index contributed by atoms with van der Waals surface area (Å²) in [6.07, 6.45) is 4.47. The first-order chi connectivity index (χ1) is 18.8. The third-order valence-corrected chi connectivity index (χ3v) is 6.27. The molecule has 3 N–H and O–H groups in total. The first-order valence-electron chi connectivity index (χ1n) is 14.0. The van der Waals surface area contributed by atoms with E-state index in [1.807, 2.05) is 69.3 Å². The number of amides is 1. The minimum absolute atomic E-state index is 0.125. The van der Waals surface area contributed by atoms with Crippen molar-refractivity contribution in [2.24, 2.45) is 5.92 Å². The second-order valence-electron chi connectivity index (χ2n) is 9.88. The van der Waals surface area contributed by atoms with Gasteiger partial charge in [-0.25, -0.2) is 4.79 Å². The zero-order chi connectivity index (χ0) is 28.6. The van der Waals surface area contributed by atoms with E-state index in [1.54, 1.807) is 0 Å². The van der Waals surface area contributed by atoms with Crippen molar-refractivity contribution in [2.45, 2.75) is 79.3 Å². The van der Waals surface area contributed by atoms with Crippen LogP contribution in [0.15, 0.2) is 48.5 Å². The number of unbranched alkanes of at least 4 members (excludes halogenated alkanes) is 1. The monoisotopic (exact) mass is 536 g/mol. The number of tetrazole rings is 1. The molecule has 0 bridgehead atoms. The number of rotatable bonds is 14. The molecule has 39 heavy (non-hydrogen) atoms. The van der Waals surface area contributed by atoms with Gasteiger partial charge >= 0.3 is 5.97 Å². The Labute approximate surface area is 232 Å². The fourth-order valence-electron chi connectivity index (χ4n) is 4.26. The summed E-state index contributed by atoms with van der Waals surface area (Å²) in [4.78, 5) is 26.3. The van der Waals surface area contributed by atoms with Gasteiger partial charge in [-0.1, -0.05) is 89.6 Å². The van der Waals surface area contributed by atoms with E-state index in [1.165, 1.54) is 30.8 Å². The van der Waals surface area contributed by atoms with Gasteiger partial charge in [-0.15, -0.1) is 10.2 Å². The van der Waals surface area contributed by atoms with E-state index in [9.17, 15) is 14.7 Å². The number of aromatic nitrogens is 4. The topological polar surface area (TPSA) is 124 Å². The molecule has 3 rings (SSSR count). The predicted octanol–water partition coefficient (Wildman–Crippen LogP) is 5.56. The van der Waals surface area contributed by atoms with Crippen molar-refractivity contribution in [1.29, 1.82) is 0 Å². The highest BCUT2D eigenvalue weighted by Gasteiger charge is 2.32. The Kier molecular flexibility index (Phi) is 13.9. The van der Waals surface area contributed by atoms with Crippen molar-refractivity contribution in [2.75, 3.05) is 13.1 Å². The predicted molar refractivity (Wildman–Crippen MR) is 155 cm³/mol. The average molecular weight is 537 g/mol. The summed E-state index contributed by atoms with van der Waals surface area (Å²) in [6, 6.07) is 14.7. The lowest BCUT2D eigenvalue weighted by Gasteiger charge is -2.32. The summed E-state index contributed by atoms with van der Waals surface area (Å²) in [5, 5.41) is 27.3. The van der Waals surface area contributed by atoms with Gasteiger partial charge in [-0.05, 0) is 60.2 Å². The molecule has 0 saturated carbocycles. The second kappa shape index (κ2) is 17.1. The average Bonchev–Trinajstić information content (AvgIpc) is 3.47. The van der Waals surface area contributed by atoms with Crippen LogP contribution >= 0.6 is 0 Å². The normalized spacial score (nSPS) is 11.5. The van der Waals surface area contributed by atoms with Crippen molar-refractivity contribution in [3.8, 4) is 22.5 Å². The third kappa shape index (κ3) is 9.90. The molecule has 1 amide bonds. The van der Waals surface area contributed by atoms with Gasteiger partial charge in [-0.2, -0.15) is 5.21 Å². The molecule has 212 valence electrons.